The van der Waals surface area contributed by atoms with Gasteiger partial charge >= 0.3 is 5.97 Å². The standard InChI is InChI=1S/C20H17NO4S/c1-15-7-13-19(14-8-15)26(23,24)21-17-9-11-18(12-10-17)25-20(22)16-5-3-2-4-6-16/h2-14,21H,1H3. The lowest BCUT2D eigenvalue weighted by atomic mass is 10.2. The predicted octanol–water partition coefficient (Wildman–Crippen LogP) is 4.02. The second kappa shape index (κ2) is 7.41. The van der Waals surface area contributed by atoms with Gasteiger partial charge in [-0.05, 0) is 55.5 Å². The van der Waals surface area contributed by atoms with Crippen molar-refractivity contribution in [2.45, 2.75) is 11.8 Å². The first kappa shape index (κ1) is 17.7. The van der Waals surface area contributed by atoms with Gasteiger partial charge in [-0.1, -0.05) is 35.9 Å². The summed E-state index contributed by atoms with van der Waals surface area (Å²) in [5.41, 5.74) is 1.80. The van der Waals surface area contributed by atoms with Crippen LogP contribution < -0.4 is 9.46 Å². The molecule has 132 valence electrons. The number of ether oxygens (including phenoxy) is 1. The summed E-state index contributed by atoms with van der Waals surface area (Å²) in [6, 6.07) is 21.4. The third-order valence-corrected chi connectivity index (χ3v) is 5.06. The molecule has 3 aromatic carbocycles. The van der Waals surface area contributed by atoms with Crippen LogP contribution in [0, 0.1) is 6.92 Å². The Balaban J connectivity index is 1.69. The Hall–Kier alpha value is -3.12. The SMILES string of the molecule is Cc1ccc(S(=O)(=O)Nc2ccc(OC(=O)c3ccccc3)cc2)cc1. The van der Waals surface area contributed by atoms with Gasteiger partial charge in [-0.15, -0.1) is 0 Å². The molecule has 1 N–H and O–H groups in total. The Bertz CT molecular complexity index is 996. The third-order valence-electron chi connectivity index (χ3n) is 3.66. The van der Waals surface area contributed by atoms with Crippen LogP contribution in [0.15, 0.2) is 83.8 Å². The molecular formula is C20H17NO4S. The van der Waals surface area contributed by atoms with Crippen LogP contribution in [0.4, 0.5) is 5.69 Å². The minimum atomic E-state index is -3.67. The lowest BCUT2D eigenvalue weighted by Crippen LogP contribution is -2.13. The highest BCUT2D eigenvalue weighted by Gasteiger charge is 2.14. The van der Waals surface area contributed by atoms with E-state index in [1.165, 1.54) is 12.1 Å². The van der Waals surface area contributed by atoms with Crippen molar-refractivity contribution in [3.05, 3.63) is 90.0 Å². The Labute approximate surface area is 152 Å². The number of benzene rings is 3. The second-order valence-corrected chi connectivity index (χ2v) is 7.38. The Morgan fingerprint density at radius 1 is 0.846 bits per heavy atom. The van der Waals surface area contributed by atoms with Crippen molar-refractivity contribution in [1.29, 1.82) is 0 Å². The molecule has 0 saturated heterocycles. The van der Waals surface area contributed by atoms with Gasteiger partial charge in [0.1, 0.15) is 5.75 Å². The Kier molecular flexibility index (Phi) is 5.04. The van der Waals surface area contributed by atoms with Crippen LogP contribution in [0.3, 0.4) is 0 Å². The molecule has 0 bridgehead atoms. The number of anilines is 1. The highest BCUT2D eigenvalue weighted by molar-refractivity contribution is 7.92. The van der Waals surface area contributed by atoms with Gasteiger partial charge in [0.2, 0.25) is 0 Å². The summed E-state index contributed by atoms with van der Waals surface area (Å²) in [5.74, 6) is -0.143. The molecule has 0 amide bonds. The van der Waals surface area contributed by atoms with Crippen molar-refractivity contribution in [2.75, 3.05) is 4.72 Å². The van der Waals surface area contributed by atoms with Crippen LogP contribution in [-0.2, 0) is 10.0 Å². The number of hydrogen-bond donors (Lipinski definition) is 1. The normalized spacial score (nSPS) is 11.0. The number of carbonyl (C=O) groups is 1. The van der Waals surface area contributed by atoms with Crippen molar-refractivity contribution in [3.63, 3.8) is 0 Å². The van der Waals surface area contributed by atoms with Crippen LogP contribution in [-0.4, -0.2) is 14.4 Å². The zero-order valence-electron chi connectivity index (χ0n) is 14.0. The molecule has 26 heavy (non-hydrogen) atoms. The van der Waals surface area contributed by atoms with E-state index in [0.29, 0.717) is 17.0 Å². The molecule has 3 aromatic rings. The van der Waals surface area contributed by atoms with E-state index in [1.807, 2.05) is 13.0 Å². The van der Waals surface area contributed by atoms with Crippen LogP contribution in [0.2, 0.25) is 0 Å². The van der Waals surface area contributed by atoms with E-state index in [9.17, 15) is 13.2 Å². The summed E-state index contributed by atoms with van der Waals surface area (Å²) in [7, 11) is -3.67. The fourth-order valence-corrected chi connectivity index (χ4v) is 3.32. The molecule has 0 fully saturated rings. The van der Waals surface area contributed by atoms with E-state index in [0.717, 1.165) is 5.56 Å². The van der Waals surface area contributed by atoms with E-state index in [4.69, 9.17) is 4.74 Å². The largest absolute Gasteiger partial charge is 0.423 e. The van der Waals surface area contributed by atoms with Crippen LogP contribution in [0.1, 0.15) is 15.9 Å². The number of sulfonamides is 1. The molecule has 6 heteroatoms. The van der Waals surface area contributed by atoms with Crippen molar-refractivity contribution < 1.29 is 17.9 Å². The molecular weight excluding hydrogens is 350 g/mol. The quantitative estimate of drug-likeness (QED) is 0.546. The molecule has 0 unspecified atom stereocenters. The summed E-state index contributed by atoms with van der Waals surface area (Å²) >= 11 is 0. The van der Waals surface area contributed by atoms with Crippen LogP contribution in [0.25, 0.3) is 0 Å². The molecule has 3 rings (SSSR count). The first-order chi connectivity index (χ1) is 12.4. The minimum Gasteiger partial charge on any atom is -0.423 e. The van der Waals surface area contributed by atoms with Crippen LogP contribution >= 0.6 is 0 Å². The van der Waals surface area contributed by atoms with E-state index in [-0.39, 0.29) is 4.90 Å². The topological polar surface area (TPSA) is 72.5 Å². The molecule has 0 aliphatic heterocycles. The van der Waals surface area contributed by atoms with Gasteiger partial charge in [-0.2, -0.15) is 0 Å². The van der Waals surface area contributed by atoms with Gasteiger partial charge in [0.05, 0.1) is 10.5 Å². The monoisotopic (exact) mass is 367 g/mol. The lowest BCUT2D eigenvalue weighted by Gasteiger charge is -2.09. The van der Waals surface area contributed by atoms with E-state index in [2.05, 4.69) is 4.72 Å². The van der Waals surface area contributed by atoms with Gasteiger partial charge in [-0.25, -0.2) is 13.2 Å². The number of nitrogens with one attached hydrogen (secondary N) is 1. The molecule has 0 spiro atoms. The zero-order chi connectivity index (χ0) is 18.6. The van der Waals surface area contributed by atoms with Crippen molar-refractivity contribution in [2.24, 2.45) is 0 Å². The molecule has 0 aliphatic rings. The first-order valence-electron chi connectivity index (χ1n) is 7.91. The minimum absolute atomic E-state index is 0.183. The molecule has 0 aromatic heterocycles. The number of carbonyl (C=O) groups excluding carboxylic acids is 1. The first-order valence-corrected chi connectivity index (χ1v) is 9.39. The van der Waals surface area contributed by atoms with Crippen molar-refractivity contribution in [3.8, 4) is 5.75 Å². The highest BCUT2D eigenvalue weighted by atomic mass is 32.2. The number of rotatable bonds is 5. The van der Waals surface area contributed by atoms with Gasteiger partial charge < -0.3 is 4.74 Å². The molecule has 5 nitrogen and oxygen atoms in total. The summed E-state index contributed by atoms with van der Waals surface area (Å²) in [6.45, 7) is 1.89. The van der Waals surface area contributed by atoms with Crippen LogP contribution in [0.5, 0.6) is 5.75 Å². The van der Waals surface area contributed by atoms with Gasteiger partial charge in [0.15, 0.2) is 0 Å². The molecule has 0 heterocycles. The molecule has 0 atom stereocenters. The average Bonchev–Trinajstić information content (AvgIpc) is 2.64. The third kappa shape index (κ3) is 4.29. The smallest absolute Gasteiger partial charge is 0.343 e. The molecule has 0 aliphatic carbocycles. The fourth-order valence-electron chi connectivity index (χ4n) is 2.26. The maximum Gasteiger partial charge on any atom is 0.343 e. The highest BCUT2D eigenvalue weighted by Crippen LogP contribution is 2.20. The van der Waals surface area contributed by atoms with Gasteiger partial charge in [-0.3, -0.25) is 4.72 Å². The Morgan fingerprint density at radius 3 is 2.08 bits per heavy atom. The van der Waals surface area contributed by atoms with Crippen molar-refractivity contribution >= 4 is 21.7 Å². The number of esters is 1. The Morgan fingerprint density at radius 2 is 1.46 bits per heavy atom. The molecule has 0 radical (unpaired) electrons. The predicted molar refractivity (Wildman–Crippen MR) is 99.8 cm³/mol. The van der Waals surface area contributed by atoms with Gasteiger partial charge in [0.25, 0.3) is 10.0 Å². The second-order valence-electron chi connectivity index (χ2n) is 5.70. The maximum atomic E-state index is 12.4. The van der Waals surface area contributed by atoms with E-state index >= 15 is 0 Å². The summed E-state index contributed by atoms with van der Waals surface area (Å²) in [5, 5.41) is 0. The molecule has 0 saturated carbocycles. The van der Waals surface area contributed by atoms with Crippen molar-refractivity contribution in [1.82, 2.24) is 0 Å². The summed E-state index contributed by atoms with van der Waals surface area (Å²) < 4.78 is 32.5. The van der Waals surface area contributed by atoms with Gasteiger partial charge in [0, 0.05) is 5.69 Å². The summed E-state index contributed by atoms with van der Waals surface area (Å²) in [4.78, 5) is 12.2. The lowest BCUT2D eigenvalue weighted by molar-refractivity contribution is 0.0735. The average molecular weight is 367 g/mol. The fraction of sp³-hybridized carbons (Fsp3) is 0.0500. The maximum absolute atomic E-state index is 12.4. The van der Waals surface area contributed by atoms with E-state index < -0.39 is 16.0 Å². The number of aryl methyl sites for hydroxylation is 1. The zero-order valence-corrected chi connectivity index (χ0v) is 14.9. The summed E-state index contributed by atoms with van der Waals surface area (Å²) in [6.07, 6.45) is 0. The number of hydrogen-bond acceptors (Lipinski definition) is 4. The van der Waals surface area contributed by atoms with E-state index in [1.54, 1.807) is 60.7 Å².